The van der Waals surface area contributed by atoms with Gasteiger partial charge in [-0.3, -0.25) is 9.59 Å². The number of morpholine rings is 2. The maximum atomic E-state index is 14.2. The molecule has 0 radical (unpaired) electrons. The number of ether oxygens (including phenoxy) is 2. The average molecular weight is 647 g/mol. The molecule has 3 aromatic rings. The molecule has 3 fully saturated rings. The summed E-state index contributed by atoms with van der Waals surface area (Å²) in [6, 6.07) is 13.7. The summed E-state index contributed by atoms with van der Waals surface area (Å²) in [6.07, 6.45) is 7.62. The molecule has 2 aromatic carbocycles. The van der Waals surface area contributed by atoms with Crippen LogP contribution in [-0.2, 0) is 31.0 Å². The summed E-state index contributed by atoms with van der Waals surface area (Å²) in [5.74, 6) is -0.350. The molecule has 0 spiro atoms. The zero-order valence-electron chi connectivity index (χ0n) is 26.5. The molecular weight excluding hydrogens is 604 g/mol. The highest BCUT2D eigenvalue weighted by Crippen LogP contribution is 2.46. The monoisotopic (exact) mass is 646 g/mol. The van der Waals surface area contributed by atoms with Crippen LogP contribution in [0.5, 0.6) is 0 Å². The van der Waals surface area contributed by atoms with Crippen LogP contribution in [0, 0.1) is 0 Å². The number of nitrogens with one attached hydrogen (secondary N) is 1. The Kier molecular flexibility index (Phi) is 8.52. The van der Waals surface area contributed by atoms with Crippen molar-refractivity contribution in [2.75, 3.05) is 39.4 Å². The first kappa shape index (κ1) is 31.1. The van der Waals surface area contributed by atoms with Crippen molar-refractivity contribution in [3.63, 3.8) is 0 Å². The predicted octanol–water partition coefficient (Wildman–Crippen LogP) is 4.70. The summed E-state index contributed by atoms with van der Waals surface area (Å²) in [6.45, 7) is 6.35. The molecule has 1 N–H and O–H groups in total. The molecule has 2 saturated heterocycles. The third-order valence-corrected chi connectivity index (χ3v) is 11.3. The highest BCUT2D eigenvalue weighted by molar-refractivity contribution is 7.87. The van der Waals surface area contributed by atoms with Crippen LogP contribution in [-0.4, -0.2) is 85.6 Å². The average Bonchev–Trinajstić information content (AvgIpc) is 3.26. The van der Waals surface area contributed by atoms with Crippen molar-refractivity contribution >= 4 is 39.0 Å². The molecule has 11 heteroatoms. The van der Waals surface area contributed by atoms with E-state index in [0.29, 0.717) is 44.3 Å². The number of amides is 2. The van der Waals surface area contributed by atoms with Gasteiger partial charge < -0.3 is 18.9 Å². The minimum absolute atomic E-state index is 0.0174. The van der Waals surface area contributed by atoms with E-state index in [0.717, 1.165) is 53.4 Å². The zero-order chi connectivity index (χ0) is 32.0. The molecule has 1 aliphatic carbocycles. The lowest BCUT2D eigenvalue weighted by atomic mass is 9.81. The molecule has 10 nitrogen and oxygen atoms in total. The number of hydrogen-bond acceptors (Lipinski definition) is 6. The van der Waals surface area contributed by atoms with Crippen molar-refractivity contribution in [1.29, 1.82) is 0 Å². The van der Waals surface area contributed by atoms with Crippen LogP contribution < -0.4 is 4.72 Å². The predicted molar refractivity (Wildman–Crippen MR) is 177 cm³/mol. The van der Waals surface area contributed by atoms with E-state index in [4.69, 9.17) is 9.47 Å². The molecule has 1 aromatic heterocycles. The summed E-state index contributed by atoms with van der Waals surface area (Å²) in [4.78, 5) is 29.6. The maximum Gasteiger partial charge on any atom is 0.304 e. The van der Waals surface area contributed by atoms with Crippen molar-refractivity contribution in [3.05, 3.63) is 64.7 Å². The van der Waals surface area contributed by atoms with Gasteiger partial charge >= 0.3 is 10.2 Å². The van der Waals surface area contributed by atoms with Crippen LogP contribution in [0.1, 0.15) is 73.4 Å². The second kappa shape index (κ2) is 12.6. The van der Waals surface area contributed by atoms with E-state index in [1.165, 1.54) is 16.3 Å². The van der Waals surface area contributed by atoms with Crippen LogP contribution >= 0.6 is 0 Å². The molecule has 2 atom stereocenters. The second-order valence-electron chi connectivity index (χ2n) is 13.1. The number of fused-ring (bicyclic) bond motifs is 5. The van der Waals surface area contributed by atoms with Gasteiger partial charge in [-0.05, 0) is 61.9 Å². The lowest BCUT2D eigenvalue weighted by Gasteiger charge is -2.35. The molecule has 0 bridgehead atoms. The summed E-state index contributed by atoms with van der Waals surface area (Å²) in [5.41, 5.74) is 6.14. The summed E-state index contributed by atoms with van der Waals surface area (Å²) >= 11 is 0. The van der Waals surface area contributed by atoms with Crippen molar-refractivity contribution in [2.45, 2.75) is 70.6 Å². The highest BCUT2D eigenvalue weighted by Gasteiger charge is 2.33. The molecule has 4 aliphatic rings. The Morgan fingerprint density at radius 2 is 1.65 bits per heavy atom. The Hall–Kier alpha value is -3.51. The van der Waals surface area contributed by atoms with Gasteiger partial charge in [0.2, 0.25) is 0 Å². The maximum absolute atomic E-state index is 14.2. The van der Waals surface area contributed by atoms with Gasteiger partial charge in [-0.1, -0.05) is 49.6 Å². The number of aromatic nitrogens is 1. The smallest absolute Gasteiger partial charge is 0.304 e. The molecule has 0 unspecified atom stereocenters. The topological polar surface area (TPSA) is 110 Å². The Morgan fingerprint density at radius 3 is 2.39 bits per heavy atom. The molecule has 7 rings (SSSR count). The van der Waals surface area contributed by atoms with Crippen LogP contribution in [0.15, 0.2) is 48.0 Å². The SMILES string of the molecule is C[C@@H]1CN(C(=O)C2=Cc3ccccc3-c3c(C4CCCCC4)c4ccc(C(=O)NS(=O)(=O)N5CCOCC5)cc4n3C2)C[C@H](C)O1. The molecule has 2 amide bonds. The van der Waals surface area contributed by atoms with Crippen molar-refractivity contribution in [1.82, 2.24) is 18.5 Å². The third kappa shape index (κ3) is 5.90. The van der Waals surface area contributed by atoms with Gasteiger partial charge in [0.15, 0.2) is 0 Å². The Labute approximate surface area is 270 Å². The normalized spacial score (nSPS) is 22.9. The van der Waals surface area contributed by atoms with E-state index < -0.39 is 16.1 Å². The van der Waals surface area contributed by atoms with Gasteiger partial charge in [0.05, 0.1) is 37.7 Å². The fourth-order valence-electron chi connectivity index (χ4n) is 7.72. The van der Waals surface area contributed by atoms with E-state index in [9.17, 15) is 18.0 Å². The molecule has 4 heterocycles. The summed E-state index contributed by atoms with van der Waals surface area (Å²) in [5, 5.41) is 1.05. The summed E-state index contributed by atoms with van der Waals surface area (Å²) in [7, 11) is -4.02. The number of carbonyl (C=O) groups is 2. The quantitative estimate of drug-likeness (QED) is 0.431. The van der Waals surface area contributed by atoms with Crippen molar-refractivity contribution in [2.24, 2.45) is 0 Å². The van der Waals surface area contributed by atoms with Crippen LogP contribution in [0.4, 0.5) is 0 Å². The standard InChI is InChI=1S/C35H42N4O6S/c1-23-20-37(21-24(2)45-23)35(41)28-18-26-10-6-7-11-29(26)33-32(25-8-4-3-5-9-25)30-13-12-27(19-31(30)39(33)22-28)34(40)36-46(42,43)38-14-16-44-17-15-38/h6-7,10-13,18-19,23-25H,3-5,8-9,14-17,20-22H2,1-2H3,(H,36,40)/t23-,24+. The van der Waals surface area contributed by atoms with Crippen molar-refractivity contribution < 1.29 is 27.5 Å². The van der Waals surface area contributed by atoms with Crippen LogP contribution in [0.3, 0.4) is 0 Å². The number of benzene rings is 2. The minimum atomic E-state index is -4.02. The number of carbonyl (C=O) groups excluding carboxylic acids is 2. The lowest BCUT2D eigenvalue weighted by molar-refractivity contribution is -0.139. The molecule has 46 heavy (non-hydrogen) atoms. The fourth-order valence-corrected chi connectivity index (χ4v) is 8.83. The first-order chi connectivity index (χ1) is 22.2. The van der Waals surface area contributed by atoms with E-state index in [1.54, 1.807) is 12.1 Å². The Bertz CT molecular complexity index is 1790. The van der Waals surface area contributed by atoms with Gasteiger partial charge in [0.25, 0.3) is 11.8 Å². The van der Waals surface area contributed by atoms with Crippen LogP contribution in [0.25, 0.3) is 28.2 Å². The lowest BCUT2D eigenvalue weighted by Crippen LogP contribution is -2.48. The third-order valence-electron chi connectivity index (χ3n) is 9.77. The second-order valence-corrected chi connectivity index (χ2v) is 14.8. The van der Waals surface area contributed by atoms with Gasteiger partial charge in [0, 0.05) is 53.8 Å². The van der Waals surface area contributed by atoms with Crippen molar-refractivity contribution in [3.8, 4) is 11.3 Å². The highest BCUT2D eigenvalue weighted by atomic mass is 32.2. The van der Waals surface area contributed by atoms with Gasteiger partial charge in [-0.2, -0.15) is 12.7 Å². The number of hydrogen-bond donors (Lipinski definition) is 1. The largest absolute Gasteiger partial charge is 0.379 e. The Balaban J connectivity index is 1.34. The van der Waals surface area contributed by atoms with E-state index in [-0.39, 0.29) is 36.8 Å². The van der Waals surface area contributed by atoms with E-state index in [2.05, 4.69) is 21.4 Å². The van der Waals surface area contributed by atoms with Gasteiger partial charge in [-0.25, -0.2) is 4.72 Å². The van der Waals surface area contributed by atoms with Crippen LogP contribution in [0.2, 0.25) is 0 Å². The molecular formula is C35H42N4O6S. The molecule has 3 aliphatic heterocycles. The first-order valence-corrected chi connectivity index (χ1v) is 17.9. The molecule has 244 valence electrons. The summed E-state index contributed by atoms with van der Waals surface area (Å²) < 4.78 is 43.0. The number of nitrogens with zero attached hydrogens (tertiary/aromatic N) is 3. The van der Waals surface area contributed by atoms with Gasteiger partial charge in [0.1, 0.15) is 0 Å². The fraction of sp³-hybridized carbons (Fsp3) is 0.486. The Morgan fingerprint density at radius 1 is 0.935 bits per heavy atom. The first-order valence-electron chi connectivity index (χ1n) is 16.5. The minimum Gasteiger partial charge on any atom is -0.379 e. The van der Waals surface area contributed by atoms with Gasteiger partial charge in [-0.15, -0.1) is 0 Å². The van der Waals surface area contributed by atoms with E-state index in [1.807, 2.05) is 43.0 Å². The zero-order valence-corrected chi connectivity index (χ0v) is 27.4. The number of rotatable bonds is 5. The van der Waals surface area contributed by atoms with E-state index >= 15 is 0 Å². The molecule has 1 saturated carbocycles.